The normalized spacial score (nSPS) is 27.1. The first-order valence-corrected chi connectivity index (χ1v) is 9.24. The summed E-state index contributed by atoms with van der Waals surface area (Å²) in [7, 11) is 0. The Morgan fingerprint density at radius 2 is 1.79 bits per heavy atom. The van der Waals surface area contributed by atoms with E-state index in [0.29, 0.717) is 12.0 Å². The molecule has 2 fully saturated rings. The van der Waals surface area contributed by atoms with E-state index in [9.17, 15) is 0 Å². The summed E-state index contributed by atoms with van der Waals surface area (Å²) in [6.07, 6.45) is 10.2. The Labute approximate surface area is 162 Å². The van der Waals surface area contributed by atoms with Crippen LogP contribution in [0.4, 0.5) is 5.69 Å². The van der Waals surface area contributed by atoms with Gasteiger partial charge in [-0.3, -0.25) is 0 Å². The quantitative estimate of drug-likeness (QED) is 0.430. The molecule has 1 aromatic rings. The first kappa shape index (κ1) is 18.0. The van der Waals surface area contributed by atoms with E-state index in [2.05, 4.69) is 33.4 Å². The van der Waals surface area contributed by atoms with Crippen LogP contribution in [0.1, 0.15) is 49.7 Å². The minimum atomic E-state index is 0. The number of halogens is 1. The molecule has 4 nitrogen and oxygen atoms in total. The number of anilines is 1. The summed E-state index contributed by atoms with van der Waals surface area (Å²) < 4.78 is 0. The van der Waals surface area contributed by atoms with E-state index in [-0.39, 0.29) is 24.0 Å². The predicted molar refractivity (Wildman–Crippen MR) is 111 cm³/mol. The van der Waals surface area contributed by atoms with E-state index >= 15 is 0 Å². The third kappa shape index (κ3) is 4.04. The van der Waals surface area contributed by atoms with E-state index in [1.165, 1.54) is 75.6 Å². The van der Waals surface area contributed by atoms with Crippen molar-refractivity contribution >= 4 is 35.6 Å². The van der Waals surface area contributed by atoms with Gasteiger partial charge in [0, 0.05) is 11.7 Å². The van der Waals surface area contributed by atoms with E-state index in [4.69, 9.17) is 5.73 Å². The summed E-state index contributed by atoms with van der Waals surface area (Å²) in [4.78, 5) is 7.33. The molecule has 1 heterocycles. The van der Waals surface area contributed by atoms with Gasteiger partial charge in [0.1, 0.15) is 0 Å². The van der Waals surface area contributed by atoms with E-state index < -0.39 is 0 Å². The minimum absolute atomic E-state index is 0. The number of rotatable bonds is 3. The maximum atomic E-state index is 6.11. The Bertz CT molecular complexity index is 589. The molecular weight excluding hydrogens is 411 g/mol. The molecule has 3 N–H and O–H groups in total. The van der Waals surface area contributed by atoms with Crippen LogP contribution in [0, 0.1) is 0 Å². The topological polar surface area (TPSA) is 53.6 Å². The molecule has 1 saturated heterocycles. The van der Waals surface area contributed by atoms with Crippen molar-refractivity contribution in [3.05, 3.63) is 29.3 Å². The number of nitrogens with zero attached hydrogens (tertiary/aromatic N) is 2. The van der Waals surface area contributed by atoms with Crippen molar-refractivity contribution in [2.45, 2.75) is 63.5 Å². The van der Waals surface area contributed by atoms with Crippen LogP contribution in [0.2, 0.25) is 0 Å². The summed E-state index contributed by atoms with van der Waals surface area (Å²) in [5, 5.41) is 3.28. The van der Waals surface area contributed by atoms with Gasteiger partial charge in [0.05, 0.1) is 6.04 Å². The molecule has 3 aliphatic rings. The fraction of sp³-hybridized carbons (Fsp3) is 0.632. The van der Waals surface area contributed by atoms with Crippen LogP contribution in [0.3, 0.4) is 0 Å². The first-order chi connectivity index (χ1) is 11.3. The van der Waals surface area contributed by atoms with Crippen LogP contribution >= 0.6 is 24.0 Å². The molecule has 24 heavy (non-hydrogen) atoms. The van der Waals surface area contributed by atoms with Gasteiger partial charge in [-0.2, -0.15) is 0 Å². The largest absolute Gasteiger partial charge is 0.370 e. The molecule has 1 aliphatic heterocycles. The average Bonchev–Trinajstić information content (AvgIpc) is 2.99. The molecule has 1 saturated carbocycles. The third-order valence-corrected chi connectivity index (χ3v) is 5.69. The van der Waals surface area contributed by atoms with E-state index in [0.717, 1.165) is 11.7 Å². The zero-order valence-corrected chi connectivity index (χ0v) is 16.7. The summed E-state index contributed by atoms with van der Waals surface area (Å²) in [5.74, 6) is 0.574. The molecule has 0 spiro atoms. The maximum Gasteiger partial charge on any atom is 0.193 e. The fourth-order valence-electron chi connectivity index (χ4n) is 4.27. The van der Waals surface area contributed by atoms with Crippen molar-refractivity contribution in [3.8, 4) is 0 Å². The first-order valence-electron chi connectivity index (χ1n) is 9.24. The molecule has 0 atom stereocenters. The van der Waals surface area contributed by atoms with Crippen molar-refractivity contribution in [1.29, 1.82) is 0 Å². The van der Waals surface area contributed by atoms with Crippen LogP contribution < -0.4 is 11.1 Å². The van der Waals surface area contributed by atoms with Crippen molar-refractivity contribution in [3.63, 3.8) is 0 Å². The highest BCUT2D eigenvalue weighted by molar-refractivity contribution is 14.0. The number of hydrogen-bond acceptors (Lipinski definition) is 2. The summed E-state index contributed by atoms with van der Waals surface area (Å²) in [5.41, 5.74) is 10.2. The number of nitrogens with one attached hydrogen (secondary N) is 1. The van der Waals surface area contributed by atoms with Gasteiger partial charge < -0.3 is 16.0 Å². The highest BCUT2D eigenvalue weighted by atomic mass is 127. The predicted octanol–water partition coefficient (Wildman–Crippen LogP) is 3.54. The lowest BCUT2D eigenvalue weighted by Gasteiger charge is -2.43. The molecule has 2 aliphatic carbocycles. The molecular formula is C19H29IN4. The highest BCUT2D eigenvalue weighted by Crippen LogP contribution is 2.30. The zero-order chi connectivity index (χ0) is 15.6. The Balaban J connectivity index is 0.00000169. The molecule has 5 heteroatoms. The monoisotopic (exact) mass is 440 g/mol. The van der Waals surface area contributed by atoms with Crippen LogP contribution in [0.15, 0.2) is 23.2 Å². The lowest BCUT2D eigenvalue weighted by Crippen LogP contribution is -2.49. The van der Waals surface area contributed by atoms with Crippen LogP contribution in [0.5, 0.6) is 0 Å². The number of aryl methyl sites for hydroxylation is 2. The van der Waals surface area contributed by atoms with Gasteiger partial charge >= 0.3 is 0 Å². The Morgan fingerprint density at radius 1 is 1.04 bits per heavy atom. The summed E-state index contributed by atoms with van der Waals surface area (Å²) >= 11 is 0. The minimum Gasteiger partial charge on any atom is -0.370 e. The van der Waals surface area contributed by atoms with Crippen molar-refractivity contribution in [2.75, 3.05) is 18.4 Å². The number of fused-ring (bicyclic) bond motifs is 1. The summed E-state index contributed by atoms with van der Waals surface area (Å²) in [6.45, 7) is 2.56. The van der Waals surface area contributed by atoms with Crippen molar-refractivity contribution in [2.24, 2.45) is 10.7 Å². The van der Waals surface area contributed by atoms with Gasteiger partial charge in [-0.15, -0.1) is 24.0 Å². The number of aliphatic imine (C=N–C) groups is 1. The number of likely N-dealkylation sites (tertiary alicyclic amines) is 1. The smallest absolute Gasteiger partial charge is 0.193 e. The molecule has 0 radical (unpaired) electrons. The van der Waals surface area contributed by atoms with Crippen molar-refractivity contribution in [1.82, 2.24) is 4.90 Å². The number of nitrogens with two attached hydrogens (primary N) is 1. The van der Waals surface area contributed by atoms with Gasteiger partial charge in [0.2, 0.25) is 0 Å². The lowest BCUT2D eigenvalue weighted by atomic mass is 9.85. The van der Waals surface area contributed by atoms with Crippen LogP contribution in [-0.4, -0.2) is 36.0 Å². The van der Waals surface area contributed by atoms with E-state index in [1.807, 2.05) is 0 Å². The van der Waals surface area contributed by atoms with Crippen molar-refractivity contribution < 1.29 is 0 Å². The standard InChI is InChI=1S/C19H28N4.HI/c20-19(21-16-8-7-14-5-4-6-15(14)11-16)22-17-12-18(13-17)23-9-2-1-3-10-23;/h7-8,11,17-18H,1-6,9-10,12-13H2,(H3,20,21,22);1H. The summed E-state index contributed by atoms with van der Waals surface area (Å²) in [6, 6.07) is 7.75. The number of benzene rings is 1. The maximum absolute atomic E-state index is 6.11. The molecule has 0 aromatic heterocycles. The zero-order valence-electron chi connectivity index (χ0n) is 14.3. The van der Waals surface area contributed by atoms with Gasteiger partial charge in [0.15, 0.2) is 5.96 Å². The second kappa shape index (κ2) is 8.04. The fourth-order valence-corrected chi connectivity index (χ4v) is 4.27. The Kier molecular flexibility index (Phi) is 6.02. The van der Waals surface area contributed by atoms with Crippen LogP contribution in [0.25, 0.3) is 0 Å². The second-order valence-corrected chi connectivity index (χ2v) is 7.35. The third-order valence-electron chi connectivity index (χ3n) is 5.69. The molecule has 0 amide bonds. The average molecular weight is 440 g/mol. The van der Waals surface area contributed by atoms with E-state index in [1.54, 1.807) is 0 Å². The van der Waals surface area contributed by atoms with Crippen LogP contribution in [-0.2, 0) is 12.8 Å². The van der Waals surface area contributed by atoms with Gasteiger partial charge in [-0.05, 0) is 81.3 Å². The molecule has 0 unspecified atom stereocenters. The highest BCUT2D eigenvalue weighted by Gasteiger charge is 2.34. The Morgan fingerprint density at radius 3 is 2.58 bits per heavy atom. The molecule has 132 valence electrons. The van der Waals surface area contributed by atoms with Gasteiger partial charge in [-0.25, -0.2) is 4.99 Å². The lowest BCUT2D eigenvalue weighted by molar-refractivity contribution is 0.0912. The SMILES string of the molecule is I.NC(=NC1CC(N2CCCCC2)C1)Nc1ccc2c(c1)CCC2. The van der Waals surface area contributed by atoms with Gasteiger partial charge in [0.25, 0.3) is 0 Å². The van der Waals surface area contributed by atoms with Gasteiger partial charge in [-0.1, -0.05) is 12.5 Å². The second-order valence-electron chi connectivity index (χ2n) is 7.35. The molecule has 0 bridgehead atoms. The molecule has 1 aromatic carbocycles. The molecule has 4 rings (SSSR count). The number of hydrogen-bond donors (Lipinski definition) is 2. The number of piperidine rings is 1. The Hall–Kier alpha value is -0.820. The number of guanidine groups is 1.